The molecule has 0 unspecified atom stereocenters. The molecule has 0 amide bonds. The van der Waals surface area contributed by atoms with E-state index in [1.54, 1.807) is 0 Å². The van der Waals surface area contributed by atoms with Gasteiger partial charge in [0.05, 0.1) is 0 Å². The highest BCUT2D eigenvalue weighted by Crippen LogP contribution is 2.46. The molecule has 0 saturated heterocycles. The number of hydrogen-bond donors (Lipinski definition) is 0. The Morgan fingerprint density at radius 2 is 1.87 bits per heavy atom. The van der Waals surface area contributed by atoms with Crippen LogP contribution in [0.15, 0.2) is 0 Å². The molecule has 1 aliphatic rings. The molecule has 0 aliphatic heterocycles. The molecule has 0 heterocycles. The van der Waals surface area contributed by atoms with Gasteiger partial charge in [0, 0.05) is 0 Å². The molecule has 0 N–H and O–H groups in total. The minimum absolute atomic E-state index is 0.615. The van der Waals surface area contributed by atoms with Gasteiger partial charge >= 0.3 is 0 Å². The molecule has 1 saturated carbocycles. The Bertz CT molecular complexity index is 169. The predicted molar refractivity (Wildman–Crippen MR) is 69.0 cm³/mol. The molecule has 1 aliphatic carbocycles. The molecular formula is C15H30. The molecule has 1 rings (SSSR count). The van der Waals surface area contributed by atoms with Gasteiger partial charge in [0.15, 0.2) is 0 Å². The SMILES string of the molecule is CCCCCC[C@@H]1[C@@H](C)CCCC1(C)C. The Morgan fingerprint density at radius 1 is 1.13 bits per heavy atom. The van der Waals surface area contributed by atoms with Crippen molar-refractivity contribution < 1.29 is 0 Å². The summed E-state index contributed by atoms with van der Waals surface area (Å²) in [6.07, 6.45) is 11.6. The summed E-state index contributed by atoms with van der Waals surface area (Å²) >= 11 is 0. The van der Waals surface area contributed by atoms with Crippen molar-refractivity contribution in [2.45, 2.75) is 79.1 Å². The normalized spacial score (nSPS) is 30.4. The summed E-state index contributed by atoms with van der Waals surface area (Å²) in [5.74, 6) is 1.96. The molecule has 90 valence electrons. The van der Waals surface area contributed by atoms with E-state index in [1.165, 1.54) is 51.4 Å². The summed E-state index contributed by atoms with van der Waals surface area (Å²) in [5, 5.41) is 0. The quantitative estimate of drug-likeness (QED) is 0.532. The lowest BCUT2D eigenvalue weighted by Crippen LogP contribution is -2.33. The zero-order valence-electron chi connectivity index (χ0n) is 11.3. The van der Waals surface area contributed by atoms with E-state index in [2.05, 4.69) is 27.7 Å². The van der Waals surface area contributed by atoms with E-state index in [4.69, 9.17) is 0 Å². The van der Waals surface area contributed by atoms with Crippen LogP contribution in [-0.4, -0.2) is 0 Å². The first-order valence-electron chi connectivity index (χ1n) is 7.08. The van der Waals surface area contributed by atoms with Crippen LogP contribution in [0.25, 0.3) is 0 Å². The van der Waals surface area contributed by atoms with Gasteiger partial charge in [-0.1, -0.05) is 66.2 Å². The van der Waals surface area contributed by atoms with Gasteiger partial charge in [0.2, 0.25) is 0 Å². The molecule has 0 heteroatoms. The molecule has 0 radical (unpaired) electrons. The lowest BCUT2D eigenvalue weighted by atomic mass is 9.62. The molecule has 1 fully saturated rings. The fourth-order valence-corrected chi connectivity index (χ4v) is 3.50. The van der Waals surface area contributed by atoms with E-state index in [1.807, 2.05) is 0 Å². The Morgan fingerprint density at radius 3 is 2.47 bits per heavy atom. The molecule has 15 heavy (non-hydrogen) atoms. The van der Waals surface area contributed by atoms with Crippen molar-refractivity contribution in [3.8, 4) is 0 Å². The molecule has 0 aromatic carbocycles. The average Bonchev–Trinajstić information content (AvgIpc) is 2.15. The maximum absolute atomic E-state index is 2.49. The summed E-state index contributed by atoms with van der Waals surface area (Å²) in [7, 11) is 0. The van der Waals surface area contributed by atoms with Crippen molar-refractivity contribution >= 4 is 0 Å². The summed E-state index contributed by atoms with van der Waals surface area (Å²) in [4.78, 5) is 0. The Labute approximate surface area is 96.8 Å². The van der Waals surface area contributed by atoms with E-state index < -0.39 is 0 Å². The second-order valence-corrected chi connectivity index (χ2v) is 6.31. The third kappa shape index (κ3) is 3.81. The fraction of sp³-hybridized carbons (Fsp3) is 1.00. The van der Waals surface area contributed by atoms with E-state index in [0.29, 0.717) is 5.41 Å². The van der Waals surface area contributed by atoms with Crippen molar-refractivity contribution in [1.29, 1.82) is 0 Å². The molecule has 0 aromatic rings. The van der Waals surface area contributed by atoms with Crippen molar-refractivity contribution in [3.05, 3.63) is 0 Å². The molecule has 0 bridgehead atoms. The fourth-order valence-electron chi connectivity index (χ4n) is 3.50. The maximum Gasteiger partial charge on any atom is -0.0323 e. The maximum atomic E-state index is 2.49. The van der Waals surface area contributed by atoms with Crippen LogP contribution < -0.4 is 0 Å². The van der Waals surface area contributed by atoms with Gasteiger partial charge in [-0.15, -0.1) is 0 Å². The minimum Gasteiger partial charge on any atom is -0.0654 e. The van der Waals surface area contributed by atoms with Gasteiger partial charge in [-0.3, -0.25) is 0 Å². The van der Waals surface area contributed by atoms with Crippen LogP contribution in [0, 0.1) is 17.3 Å². The second kappa shape index (κ2) is 5.92. The standard InChI is InChI=1S/C15H30/c1-5-6-7-8-11-14-13(2)10-9-12-15(14,3)4/h13-14H,5-12H2,1-4H3/t13-,14+/m0/s1. The van der Waals surface area contributed by atoms with Crippen molar-refractivity contribution in [1.82, 2.24) is 0 Å². The topological polar surface area (TPSA) is 0 Å². The summed E-state index contributed by atoms with van der Waals surface area (Å²) in [6.45, 7) is 9.76. The summed E-state index contributed by atoms with van der Waals surface area (Å²) in [6, 6.07) is 0. The Kier molecular flexibility index (Phi) is 5.15. The van der Waals surface area contributed by atoms with Crippen molar-refractivity contribution in [2.75, 3.05) is 0 Å². The Balaban J connectivity index is 2.35. The molecule has 0 nitrogen and oxygen atoms in total. The van der Waals surface area contributed by atoms with Crippen molar-refractivity contribution in [2.24, 2.45) is 17.3 Å². The third-order valence-electron chi connectivity index (χ3n) is 4.54. The van der Waals surface area contributed by atoms with E-state index in [9.17, 15) is 0 Å². The largest absolute Gasteiger partial charge is 0.0654 e. The predicted octanol–water partition coefficient (Wildman–Crippen LogP) is 5.42. The highest BCUT2D eigenvalue weighted by atomic mass is 14.4. The minimum atomic E-state index is 0.615. The van der Waals surface area contributed by atoms with Crippen LogP contribution in [0.1, 0.15) is 79.1 Å². The summed E-state index contributed by atoms with van der Waals surface area (Å²) in [5.41, 5.74) is 0.615. The smallest absolute Gasteiger partial charge is 0.0323 e. The van der Waals surface area contributed by atoms with Gasteiger partial charge < -0.3 is 0 Å². The van der Waals surface area contributed by atoms with Gasteiger partial charge in [-0.25, -0.2) is 0 Å². The monoisotopic (exact) mass is 210 g/mol. The zero-order chi connectivity index (χ0) is 11.3. The first kappa shape index (κ1) is 13.1. The second-order valence-electron chi connectivity index (χ2n) is 6.31. The lowest BCUT2D eigenvalue weighted by molar-refractivity contribution is 0.0741. The van der Waals surface area contributed by atoms with Crippen molar-refractivity contribution in [3.63, 3.8) is 0 Å². The number of rotatable bonds is 5. The lowest BCUT2D eigenvalue weighted by Gasteiger charge is -2.43. The third-order valence-corrected chi connectivity index (χ3v) is 4.54. The van der Waals surface area contributed by atoms with E-state index in [-0.39, 0.29) is 0 Å². The average molecular weight is 210 g/mol. The van der Waals surface area contributed by atoms with Crippen LogP contribution in [-0.2, 0) is 0 Å². The number of unbranched alkanes of at least 4 members (excludes halogenated alkanes) is 3. The zero-order valence-corrected chi connectivity index (χ0v) is 11.3. The van der Waals surface area contributed by atoms with Crippen LogP contribution in [0.3, 0.4) is 0 Å². The van der Waals surface area contributed by atoms with Gasteiger partial charge in [0.25, 0.3) is 0 Å². The van der Waals surface area contributed by atoms with E-state index in [0.717, 1.165) is 11.8 Å². The highest BCUT2D eigenvalue weighted by Gasteiger charge is 2.35. The molecule has 2 atom stereocenters. The van der Waals surface area contributed by atoms with E-state index >= 15 is 0 Å². The van der Waals surface area contributed by atoms with Crippen LogP contribution in [0.5, 0.6) is 0 Å². The number of hydrogen-bond acceptors (Lipinski definition) is 0. The molecule has 0 spiro atoms. The first-order chi connectivity index (χ1) is 7.08. The van der Waals surface area contributed by atoms with Gasteiger partial charge in [-0.2, -0.15) is 0 Å². The molecular weight excluding hydrogens is 180 g/mol. The Hall–Kier alpha value is 0. The first-order valence-corrected chi connectivity index (χ1v) is 7.08. The molecule has 0 aromatic heterocycles. The van der Waals surface area contributed by atoms with Crippen LogP contribution in [0.4, 0.5) is 0 Å². The highest BCUT2D eigenvalue weighted by molar-refractivity contribution is 4.86. The van der Waals surface area contributed by atoms with Gasteiger partial charge in [0.1, 0.15) is 0 Å². The van der Waals surface area contributed by atoms with Gasteiger partial charge in [-0.05, 0) is 30.1 Å². The summed E-state index contributed by atoms with van der Waals surface area (Å²) < 4.78 is 0. The van der Waals surface area contributed by atoms with Crippen LogP contribution in [0.2, 0.25) is 0 Å². The van der Waals surface area contributed by atoms with Crippen LogP contribution >= 0.6 is 0 Å².